The highest BCUT2D eigenvalue weighted by molar-refractivity contribution is 14.1. The van der Waals surface area contributed by atoms with Gasteiger partial charge in [-0.25, -0.2) is 4.98 Å². The number of hydrogen-bond acceptors (Lipinski definition) is 5. The summed E-state index contributed by atoms with van der Waals surface area (Å²) in [5, 5.41) is 5.92. The molecule has 0 saturated heterocycles. The van der Waals surface area contributed by atoms with Gasteiger partial charge >= 0.3 is 0 Å². The third-order valence-electron chi connectivity index (χ3n) is 4.28. The maximum Gasteiger partial charge on any atom is 0.257 e. The molecule has 0 saturated carbocycles. The van der Waals surface area contributed by atoms with Gasteiger partial charge in [-0.2, -0.15) is 0 Å². The average Bonchev–Trinajstić information content (AvgIpc) is 3.17. The molecule has 6 nitrogen and oxygen atoms in total. The molecule has 4 aromatic rings. The lowest BCUT2D eigenvalue weighted by Crippen LogP contribution is -2.34. The molecule has 150 valence electrons. The molecule has 1 aromatic heterocycles. The molecule has 0 radical (unpaired) electrons. The molecule has 30 heavy (non-hydrogen) atoms. The minimum atomic E-state index is -0.268. The number of oxazole rings is 1. The number of nitrogens with zero attached hydrogens (tertiary/aromatic N) is 1. The number of anilines is 1. The maximum atomic E-state index is 12.4. The van der Waals surface area contributed by atoms with Gasteiger partial charge in [0.2, 0.25) is 5.89 Å². The predicted molar refractivity (Wildman–Crippen MR) is 129 cm³/mol. The van der Waals surface area contributed by atoms with E-state index in [2.05, 4.69) is 38.2 Å². The van der Waals surface area contributed by atoms with Crippen LogP contribution in [0.3, 0.4) is 0 Å². The summed E-state index contributed by atoms with van der Waals surface area (Å²) in [5.74, 6) is 0.928. The summed E-state index contributed by atoms with van der Waals surface area (Å²) in [6, 6.07) is 20.2. The number of rotatable bonds is 4. The van der Waals surface area contributed by atoms with Gasteiger partial charge in [0.05, 0.1) is 7.11 Å². The number of methoxy groups -OCH3 is 1. The number of carbonyl (C=O) groups is 1. The summed E-state index contributed by atoms with van der Waals surface area (Å²) < 4.78 is 12.1. The molecule has 3 aromatic carbocycles. The molecule has 1 heterocycles. The first-order valence-electron chi connectivity index (χ1n) is 8.95. The first-order valence-corrected chi connectivity index (χ1v) is 10.4. The van der Waals surface area contributed by atoms with Crippen molar-refractivity contribution in [3.8, 4) is 17.2 Å². The van der Waals surface area contributed by atoms with Crippen molar-refractivity contribution in [3.05, 3.63) is 75.9 Å². The van der Waals surface area contributed by atoms with Gasteiger partial charge in [0, 0.05) is 26.5 Å². The standard InChI is InChI=1S/C22H16IN3O3S/c1-28-17-8-9-19-18(12-17)25-21(29-19)14-5-3-7-16(11-14)24-22(30)26-20(27)13-4-2-6-15(23)10-13/h2-12H,1H3,(H2,24,26,27,30). The molecule has 0 fully saturated rings. The molecule has 4 rings (SSSR count). The summed E-state index contributed by atoms with van der Waals surface area (Å²) in [5.41, 5.74) is 3.41. The molecule has 0 aliphatic rings. The quantitative estimate of drug-likeness (QED) is 0.279. The molecule has 0 spiro atoms. The van der Waals surface area contributed by atoms with E-state index in [1.54, 1.807) is 19.2 Å². The number of hydrogen-bond donors (Lipinski definition) is 2. The van der Waals surface area contributed by atoms with Crippen molar-refractivity contribution in [2.24, 2.45) is 0 Å². The van der Waals surface area contributed by atoms with Crippen molar-refractivity contribution in [3.63, 3.8) is 0 Å². The highest BCUT2D eigenvalue weighted by Crippen LogP contribution is 2.28. The van der Waals surface area contributed by atoms with Crippen LogP contribution in [-0.2, 0) is 0 Å². The number of aromatic nitrogens is 1. The highest BCUT2D eigenvalue weighted by Gasteiger charge is 2.11. The van der Waals surface area contributed by atoms with E-state index in [-0.39, 0.29) is 11.0 Å². The zero-order chi connectivity index (χ0) is 21.1. The Balaban J connectivity index is 1.49. The van der Waals surface area contributed by atoms with Crippen LogP contribution in [-0.4, -0.2) is 23.1 Å². The molecular formula is C22H16IN3O3S. The Morgan fingerprint density at radius 3 is 2.73 bits per heavy atom. The normalized spacial score (nSPS) is 10.6. The monoisotopic (exact) mass is 529 g/mol. The van der Waals surface area contributed by atoms with Crippen LogP contribution >= 0.6 is 34.8 Å². The van der Waals surface area contributed by atoms with Crippen LogP contribution in [0, 0.1) is 3.57 Å². The number of thiocarbonyl (C=S) groups is 1. The SMILES string of the molecule is COc1ccc2oc(-c3cccc(NC(=S)NC(=O)c4cccc(I)c4)c3)nc2c1. The van der Waals surface area contributed by atoms with E-state index in [1.165, 1.54) is 0 Å². The number of halogens is 1. The van der Waals surface area contributed by atoms with Gasteiger partial charge in [-0.3, -0.25) is 10.1 Å². The average molecular weight is 529 g/mol. The van der Waals surface area contributed by atoms with Gasteiger partial charge in [0.15, 0.2) is 10.7 Å². The minimum absolute atomic E-state index is 0.207. The first-order chi connectivity index (χ1) is 14.5. The van der Waals surface area contributed by atoms with Gasteiger partial charge in [-0.1, -0.05) is 12.1 Å². The smallest absolute Gasteiger partial charge is 0.257 e. The van der Waals surface area contributed by atoms with E-state index in [0.29, 0.717) is 34.0 Å². The molecule has 2 N–H and O–H groups in total. The van der Waals surface area contributed by atoms with E-state index in [9.17, 15) is 4.79 Å². The van der Waals surface area contributed by atoms with Crippen molar-refractivity contribution in [2.45, 2.75) is 0 Å². The van der Waals surface area contributed by atoms with Crippen molar-refractivity contribution < 1.29 is 13.9 Å². The lowest BCUT2D eigenvalue weighted by Gasteiger charge is -2.10. The number of ether oxygens (including phenoxy) is 1. The van der Waals surface area contributed by atoms with Crippen molar-refractivity contribution in [1.29, 1.82) is 0 Å². The maximum absolute atomic E-state index is 12.4. The lowest BCUT2D eigenvalue weighted by atomic mass is 10.2. The Morgan fingerprint density at radius 1 is 1.10 bits per heavy atom. The fourth-order valence-corrected chi connectivity index (χ4v) is 3.61. The zero-order valence-corrected chi connectivity index (χ0v) is 18.8. The van der Waals surface area contributed by atoms with Crippen LogP contribution in [0.1, 0.15) is 10.4 Å². The highest BCUT2D eigenvalue weighted by atomic mass is 127. The zero-order valence-electron chi connectivity index (χ0n) is 15.8. The summed E-state index contributed by atoms with van der Waals surface area (Å²) in [4.78, 5) is 16.9. The fourth-order valence-electron chi connectivity index (χ4n) is 2.86. The summed E-state index contributed by atoms with van der Waals surface area (Å²) in [7, 11) is 1.61. The summed E-state index contributed by atoms with van der Waals surface area (Å²) >= 11 is 7.45. The van der Waals surface area contributed by atoms with Gasteiger partial charge in [-0.15, -0.1) is 0 Å². The number of benzene rings is 3. The predicted octanol–water partition coefficient (Wildman–Crippen LogP) is 5.23. The molecule has 0 atom stereocenters. The van der Waals surface area contributed by atoms with Gasteiger partial charge < -0.3 is 14.5 Å². The molecule has 8 heteroatoms. The number of amides is 1. The van der Waals surface area contributed by atoms with E-state index >= 15 is 0 Å². The van der Waals surface area contributed by atoms with Crippen LogP contribution in [0.2, 0.25) is 0 Å². The molecule has 0 aliphatic heterocycles. The molecule has 0 unspecified atom stereocenters. The number of nitrogens with one attached hydrogen (secondary N) is 2. The van der Waals surface area contributed by atoms with Crippen LogP contribution in [0.15, 0.2) is 71.1 Å². The van der Waals surface area contributed by atoms with E-state index in [4.69, 9.17) is 21.4 Å². The topological polar surface area (TPSA) is 76.4 Å². The Labute approximate surface area is 191 Å². The van der Waals surface area contributed by atoms with E-state index in [0.717, 1.165) is 9.13 Å². The van der Waals surface area contributed by atoms with E-state index < -0.39 is 0 Å². The Hall–Kier alpha value is -2.98. The second-order valence-corrected chi connectivity index (χ2v) is 8.01. The largest absolute Gasteiger partial charge is 0.497 e. The minimum Gasteiger partial charge on any atom is -0.497 e. The first kappa shape index (κ1) is 20.3. The van der Waals surface area contributed by atoms with Crippen molar-refractivity contribution in [1.82, 2.24) is 10.3 Å². The van der Waals surface area contributed by atoms with Crippen LogP contribution in [0.5, 0.6) is 5.75 Å². The Kier molecular flexibility index (Phi) is 5.96. The second-order valence-electron chi connectivity index (χ2n) is 6.35. The second kappa shape index (κ2) is 8.80. The molecule has 1 amide bonds. The molecule has 0 bridgehead atoms. The van der Waals surface area contributed by atoms with Crippen LogP contribution < -0.4 is 15.4 Å². The van der Waals surface area contributed by atoms with Crippen LogP contribution in [0.4, 0.5) is 5.69 Å². The molecule has 0 aliphatic carbocycles. The molecular weight excluding hydrogens is 513 g/mol. The Bertz CT molecular complexity index is 1260. The van der Waals surface area contributed by atoms with Gasteiger partial charge in [0.25, 0.3) is 5.91 Å². The Morgan fingerprint density at radius 2 is 1.93 bits per heavy atom. The summed E-state index contributed by atoms with van der Waals surface area (Å²) in [6.45, 7) is 0. The fraction of sp³-hybridized carbons (Fsp3) is 0.0455. The van der Waals surface area contributed by atoms with Crippen molar-refractivity contribution in [2.75, 3.05) is 12.4 Å². The third-order valence-corrected chi connectivity index (χ3v) is 5.15. The van der Waals surface area contributed by atoms with Gasteiger partial charge in [-0.05, 0) is 83.3 Å². The number of fused-ring (bicyclic) bond motifs is 1. The van der Waals surface area contributed by atoms with Gasteiger partial charge in [0.1, 0.15) is 11.3 Å². The van der Waals surface area contributed by atoms with Crippen molar-refractivity contribution >= 4 is 62.6 Å². The van der Waals surface area contributed by atoms with Crippen LogP contribution in [0.25, 0.3) is 22.6 Å². The van der Waals surface area contributed by atoms with E-state index in [1.807, 2.05) is 54.6 Å². The summed E-state index contributed by atoms with van der Waals surface area (Å²) in [6.07, 6.45) is 0. The lowest BCUT2D eigenvalue weighted by molar-refractivity contribution is 0.0977. The third kappa shape index (κ3) is 4.60. The number of carbonyl (C=O) groups excluding carboxylic acids is 1.